The predicted molar refractivity (Wildman–Crippen MR) is 108 cm³/mol. The average molecular weight is 436 g/mol. The maximum atomic E-state index is 13.0. The van der Waals surface area contributed by atoms with Gasteiger partial charge in [0.15, 0.2) is 0 Å². The molecular weight excluding hydrogens is 419 g/mol. The largest absolute Gasteiger partial charge is 0.496 e. The standard InChI is InChI=1S/C22H17ClF3NO3/c1-29-20-10-7-14(11-15(20)13-30-17-5-3-2-4-6-17)21(28)27-16-8-9-19(23)18(12-16)22(24,25)26/h2-12H,13H2,1H3,(H,27,28). The fourth-order valence-electron chi connectivity index (χ4n) is 2.73. The lowest BCUT2D eigenvalue weighted by Crippen LogP contribution is -2.14. The summed E-state index contributed by atoms with van der Waals surface area (Å²) in [5, 5.41) is 2.02. The van der Waals surface area contributed by atoms with E-state index in [1.165, 1.54) is 19.2 Å². The number of hydrogen-bond donors (Lipinski definition) is 1. The van der Waals surface area contributed by atoms with Crippen LogP contribution in [0.4, 0.5) is 18.9 Å². The number of rotatable bonds is 6. The first kappa shape index (κ1) is 21.5. The number of benzene rings is 3. The van der Waals surface area contributed by atoms with Crippen molar-refractivity contribution >= 4 is 23.2 Å². The normalized spacial score (nSPS) is 11.1. The minimum atomic E-state index is -4.63. The van der Waals surface area contributed by atoms with Crippen LogP contribution in [-0.2, 0) is 12.8 Å². The van der Waals surface area contributed by atoms with E-state index in [-0.39, 0.29) is 17.9 Å². The van der Waals surface area contributed by atoms with Gasteiger partial charge < -0.3 is 14.8 Å². The van der Waals surface area contributed by atoms with E-state index in [0.717, 1.165) is 12.1 Å². The molecule has 3 aromatic carbocycles. The Kier molecular flexibility index (Phi) is 6.52. The molecule has 0 saturated heterocycles. The van der Waals surface area contributed by atoms with Gasteiger partial charge in [-0.2, -0.15) is 13.2 Å². The minimum Gasteiger partial charge on any atom is -0.496 e. The third-order valence-electron chi connectivity index (χ3n) is 4.21. The molecule has 0 aliphatic carbocycles. The van der Waals surface area contributed by atoms with Crippen LogP contribution in [0.5, 0.6) is 11.5 Å². The molecule has 8 heteroatoms. The Morgan fingerprint density at radius 3 is 2.43 bits per heavy atom. The summed E-state index contributed by atoms with van der Waals surface area (Å²) >= 11 is 5.61. The van der Waals surface area contributed by atoms with Gasteiger partial charge in [0.2, 0.25) is 0 Å². The lowest BCUT2D eigenvalue weighted by molar-refractivity contribution is -0.137. The summed E-state index contributed by atoms with van der Waals surface area (Å²) in [4.78, 5) is 12.6. The molecule has 1 N–H and O–H groups in total. The van der Waals surface area contributed by atoms with Gasteiger partial charge in [0.25, 0.3) is 5.91 Å². The molecule has 0 spiro atoms. The minimum absolute atomic E-state index is 0.0189. The molecule has 3 aromatic rings. The van der Waals surface area contributed by atoms with Crippen molar-refractivity contribution in [2.24, 2.45) is 0 Å². The third kappa shape index (κ3) is 5.24. The molecule has 0 radical (unpaired) electrons. The van der Waals surface area contributed by atoms with Crippen molar-refractivity contribution in [1.29, 1.82) is 0 Å². The lowest BCUT2D eigenvalue weighted by atomic mass is 10.1. The van der Waals surface area contributed by atoms with Crippen LogP contribution in [0.25, 0.3) is 0 Å². The van der Waals surface area contributed by atoms with E-state index in [9.17, 15) is 18.0 Å². The molecule has 0 bridgehead atoms. The van der Waals surface area contributed by atoms with Gasteiger partial charge in [-0.25, -0.2) is 0 Å². The second-order valence-corrected chi connectivity index (χ2v) is 6.68. The first-order valence-corrected chi connectivity index (χ1v) is 9.18. The molecule has 0 fully saturated rings. The topological polar surface area (TPSA) is 47.6 Å². The summed E-state index contributed by atoms with van der Waals surface area (Å²) in [6.07, 6.45) is -4.63. The van der Waals surface area contributed by atoms with Crippen LogP contribution in [0.1, 0.15) is 21.5 Å². The summed E-state index contributed by atoms with van der Waals surface area (Å²) in [7, 11) is 1.49. The number of alkyl halides is 3. The zero-order chi connectivity index (χ0) is 21.7. The van der Waals surface area contributed by atoms with E-state index in [4.69, 9.17) is 21.1 Å². The van der Waals surface area contributed by atoms with Crippen molar-refractivity contribution in [3.63, 3.8) is 0 Å². The number of ether oxygens (including phenoxy) is 2. The van der Waals surface area contributed by atoms with E-state index in [2.05, 4.69) is 5.32 Å². The maximum absolute atomic E-state index is 13.0. The summed E-state index contributed by atoms with van der Waals surface area (Å²) in [6.45, 7) is 0.146. The zero-order valence-corrected chi connectivity index (χ0v) is 16.6. The SMILES string of the molecule is COc1ccc(C(=O)Nc2ccc(Cl)c(C(F)(F)F)c2)cc1COc1ccccc1. The highest BCUT2D eigenvalue weighted by molar-refractivity contribution is 6.31. The first-order chi connectivity index (χ1) is 14.3. The summed E-state index contributed by atoms with van der Waals surface area (Å²) in [5.41, 5.74) is -0.185. The molecular formula is C22H17ClF3NO3. The number of carbonyl (C=O) groups is 1. The van der Waals surface area contributed by atoms with Gasteiger partial charge >= 0.3 is 6.18 Å². The lowest BCUT2D eigenvalue weighted by Gasteiger charge is -2.14. The van der Waals surface area contributed by atoms with Gasteiger partial charge in [0.1, 0.15) is 18.1 Å². The quantitative estimate of drug-likeness (QED) is 0.501. The number of nitrogens with one attached hydrogen (secondary N) is 1. The Balaban J connectivity index is 1.79. The fraction of sp³-hybridized carbons (Fsp3) is 0.136. The highest BCUT2D eigenvalue weighted by Gasteiger charge is 2.33. The molecule has 3 rings (SSSR count). The van der Waals surface area contributed by atoms with E-state index in [1.54, 1.807) is 24.3 Å². The van der Waals surface area contributed by atoms with Crippen LogP contribution < -0.4 is 14.8 Å². The Labute approximate surface area is 176 Å². The smallest absolute Gasteiger partial charge is 0.417 e. The van der Waals surface area contributed by atoms with Gasteiger partial charge in [-0.1, -0.05) is 29.8 Å². The number of methoxy groups -OCH3 is 1. The summed E-state index contributed by atoms with van der Waals surface area (Å²) in [6, 6.07) is 17.0. The number of carbonyl (C=O) groups excluding carboxylic acids is 1. The van der Waals surface area contributed by atoms with Crippen LogP contribution in [-0.4, -0.2) is 13.0 Å². The molecule has 30 heavy (non-hydrogen) atoms. The average Bonchev–Trinajstić information content (AvgIpc) is 2.73. The van der Waals surface area contributed by atoms with Crippen LogP contribution in [0.2, 0.25) is 5.02 Å². The van der Waals surface area contributed by atoms with Gasteiger partial charge in [0, 0.05) is 16.8 Å². The van der Waals surface area contributed by atoms with E-state index < -0.39 is 22.7 Å². The molecule has 0 atom stereocenters. The van der Waals surface area contributed by atoms with Crippen molar-refractivity contribution in [2.45, 2.75) is 12.8 Å². The Bertz CT molecular complexity index is 1040. The van der Waals surface area contributed by atoms with Gasteiger partial charge in [-0.15, -0.1) is 0 Å². The van der Waals surface area contributed by atoms with Gasteiger partial charge in [-0.05, 0) is 48.5 Å². The molecule has 0 saturated carbocycles. The molecule has 1 amide bonds. The maximum Gasteiger partial charge on any atom is 0.417 e. The Morgan fingerprint density at radius 2 is 1.77 bits per heavy atom. The first-order valence-electron chi connectivity index (χ1n) is 8.81. The monoisotopic (exact) mass is 435 g/mol. The predicted octanol–water partition coefficient (Wildman–Crippen LogP) is 6.20. The van der Waals surface area contributed by atoms with Crippen molar-refractivity contribution in [2.75, 3.05) is 12.4 Å². The fourth-order valence-corrected chi connectivity index (χ4v) is 2.96. The molecule has 156 valence electrons. The van der Waals surface area contributed by atoms with Gasteiger partial charge in [-0.3, -0.25) is 4.79 Å². The van der Waals surface area contributed by atoms with E-state index in [1.807, 2.05) is 18.2 Å². The van der Waals surface area contributed by atoms with Crippen LogP contribution in [0.15, 0.2) is 66.7 Å². The number of amides is 1. The Hall–Kier alpha value is -3.19. The molecule has 0 unspecified atom stereocenters. The third-order valence-corrected chi connectivity index (χ3v) is 4.54. The van der Waals surface area contributed by atoms with Gasteiger partial charge in [0.05, 0.1) is 17.7 Å². The van der Waals surface area contributed by atoms with Crippen molar-refractivity contribution < 1.29 is 27.4 Å². The number of para-hydroxylation sites is 1. The van der Waals surface area contributed by atoms with Crippen molar-refractivity contribution in [3.8, 4) is 11.5 Å². The van der Waals surface area contributed by atoms with Crippen LogP contribution in [0, 0.1) is 0 Å². The zero-order valence-electron chi connectivity index (χ0n) is 15.8. The Morgan fingerprint density at radius 1 is 1.03 bits per heavy atom. The summed E-state index contributed by atoms with van der Waals surface area (Å²) < 4.78 is 50.1. The molecule has 0 aliphatic heterocycles. The number of halogens is 4. The highest BCUT2D eigenvalue weighted by Crippen LogP contribution is 2.36. The second-order valence-electron chi connectivity index (χ2n) is 6.27. The molecule has 4 nitrogen and oxygen atoms in total. The second kappa shape index (κ2) is 9.09. The van der Waals surface area contributed by atoms with Crippen molar-refractivity contribution in [1.82, 2.24) is 0 Å². The number of hydrogen-bond acceptors (Lipinski definition) is 3. The van der Waals surface area contributed by atoms with Crippen LogP contribution in [0.3, 0.4) is 0 Å². The highest BCUT2D eigenvalue weighted by atomic mass is 35.5. The van der Waals surface area contributed by atoms with Crippen LogP contribution >= 0.6 is 11.6 Å². The summed E-state index contributed by atoms with van der Waals surface area (Å²) in [5.74, 6) is 0.595. The van der Waals surface area contributed by atoms with E-state index in [0.29, 0.717) is 17.1 Å². The molecule has 0 heterocycles. The number of anilines is 1. The van der Waals surface area contributed by atoms with Crippen molar-refractivity contribution in [3.05, 3.63) is 88.4 Å². The molecule has 0 aliphatic rings. The molecule has 0 aromatic heterocycles. The van der Waals surface area contributed by atoms with E-state index >= 15 is 0 Å².